The van der Waals surface area contributed by atoms with E-state index < -0.39 is 41.4 Å². The van der Waals surface area contributed by atoms with Crippen LogP contribution >= 0.6 is 0 Å². The van der Waals surface area contributed by atoms with Gasteiger partial charge in [0.05, 0.1) is 14.2 Å². The number of hydrogen-bond donors (Lipinski definition) is 1. The Balaban J connectivity index is 2.48. The number of carbonyl (C=O) groups excluding carboxylic acids is 3. The number of esters is 3. The lowest BCUT2D eigenvalue weighted by atomic mass is 9.69. The number of rotatable bonds is 2. The second-order valence-corrected chi connectivity index (χ2v) is 4.10. The van der Waals surface area contributed by atoms with Gasteiger partial charge in [-0.25, -0.2) is 4.79 Å². The standard InChI is InChI=1S/C11H12O7/c1-16-8(12)6-5-3-4-11(15,10(14)18-5)7(6)9(13)17-2/h3-7,15H,1-2H3. The maximum Gasteiger partial charge on any atom is 0.343 e. The molecule has 1 N–H and O–H groups in total. The highest BCUT2D eigenvalue weighted by Crippen LogP contribution is 2.42. The Morgan fingerprint density at radius 2 is 1.94 bits per heavy atom. The summed E-state index contributed by atoms with van der Waals surface area (Å²) in [6, 6.07) is 0. The molecule has 18 heavy (non-hydrogen) atoms. The van der Waals surface area contributed by atoms with E-state index in [9.17, 15) is 19.5 Å². The van der Waals surface area contributed by atoms with Crippen LogP contribution in [0.4, 0.5) is 0 Å². The summed E-state index contributed by atoms with van der Waals surface area (Å²) in [5.41, 5.74) is -2.18. The third kappa shape index (κ3) is 1.51. The predicted octanol–water partition coefficient (Wildman–Crippen LogP) is -1.21. The summed E-state index contributed by atoms with van der Waals surface area (Å²) in [4.78, 5) is 35.0. The van der Waals surface area contributed by atoms with E-state index in [-0.39, 0.29) is 0 Å². The number of carbonyl (C=O) groups is 3. The van der Waals surface area contributed by atoms with Gasteiger partial charge in [-0.05, 0) is 12.2 Å². The van der Waals surface area contributed by atoms with Crippen molar-refractivity contribution in [2.45, 2.75) is 11.7 Å². The van der Waals surface area contributed by atoms with Gasteiger partial charge in [-0.2, -0.15) is 0 Å². The number of fused-ring (bicyclic) bond motifs is 2. The van der Waals surface area contributed by atoms with Gasteiger partial charge in [0.15, 0.2) is 5.60 Å². The monoisotopic (exact) mass is 256 g/mol. The van der Waals surface area contributed by atoms with Crippen molar-refractivity contribution >= 4 is 17.9 Å². The summed E-state index contributed by atoms with van der Waals surface area (Å²) in [6.07, 6.45) is 1.59. The van der Waals surface area contributed by atoms with Gasteiger partial charge in [-0.1, -0.05) is 0 Å². The van der Waals surface area contributed by atoms with Gasteiger partial charge in [0.1, 0.15) is 17.9 Å². The predicted molar refractivity (Wildman–Crippen MR) is 55.0 cm³/mol. The Hall–Kier alpha value is -1.89. The molecule has 1 saturated heterocycles. The van der Waals surface area contributed by atoms with E-state index in [2.05, 4.69) is 9.47 Å². The minimum Gasteiger partial charge on any atom is -0.469 e. The van der Waals surface area contributed by atoms with Crippen LogP contribution in [0.25, 0.3) is 0 Å². The molecule has 0 aromatic heterocycles. The van der Waals surface area contributed by atoms with Crippen LogP contribution in [0, 0.1) is 11.8 Å². The molecule has 0 saturated carbocycles. The first-order valence-electron chi connectivity index (χ1n) is 5.24. The molecular formula is C11H12O7. The van der Waals surface area contributed by atoms with E-state index >= 15 is 0 Å². The molecule has 2 bridgehead atoms. The molecule has 7 heteroatoms. The Bertz CT molecular complexity index is 441. The van der Waals surface area contributed by atoms with E-state index in [4.69, 9.17) is 4.74 Å². The average Bonchev–Trinajstić information content (AvgIpc) is 2.37. The third-order valence-corrected chi connectivity index (χ3v) is 3.23. The maximum atomic E-state index is 11.7. The zero-order chi connectivity index (χ0) is 13.5. The van der Waals surface area contributed by atoms with Crippen LogP contribution in [0.3, 0.4) is 0 Å². The minimum atomic E-state index is -2.18. The van der Waals surface area contributed by atoms with Crippen molar-refractivity contribution < 1.29 is 33.7 Å². The fourth-order valence-corrected chi connectivity index (χ4v) is 2.31. The van der Waals surface area contributed by atoms with Crippen LogP contribution in [0.1, 0.15) is 0 Å². The molecule has 3 aliphatic rings. The zero-order valence-electron chi connectivity index (χ0n) is 9.78. The van der Waals surface area contributed by atoms with Gasteiger partial charge in [-0.3, -0.25) is 9.59 Å². The summed E-state index contributed by atoms with van der Waals surface area (Å²) >= 11 is 0. The largest absolute Gasteiger partial charge is 0.469 e. The molecule has 0 amide bonds. The molecule has 4 atom stereocenters. The van der Waals surface area contributed by atoms with Gasteiger partial charge < -0.3 is 19.3 Å². The van der Waals surface area contributed by atoms with Crippen LogP contribution in [-0.2, 0) is 28.6 Å². The third-order valence-electron chi connectivity index (χ3n) is 3.23. The second kappa shape index (κ2) is 4.09. The number of hydrogen-bond acceptors (Lipinski definition) is 7. The van der Waals surface area contributed by atoms with Crippen molar-refractivity contribution in [2.75, 3.05) is 14.2 Å². The minimum absolute atomic E-state index is 0.745. The normalized spacial score (nSPS) is 37.1. The molecule has 0 radical (unpaired) electrons. The Kier molecular flexibility index (Phi) is 2.86. The summed E-state index contributed by atoms with van der Waals surface area (Å²) in [5.74, 6) is -5.03. The number of aliphatic hydroxyl groups is 1. The fraction of sp³-hybridized carbons (Fsp3) is 0.545. The highest BCUT2D eigenvalue weighted by atomic mass is 16.6. The molecule has 0 spiro atoms. The summed E-state index contributed by atoms with van der Waals surface area (Å²) in [5, 5.41) is 10.2. The zero-order valence-corrected chi connectivity index (χ0v) is 9.78. The molecule has 1 fully saturated rings. The van der Waals surface area contributed by atoms with E-state index in [0.29, 0.717) is 0 Å². The second-order valence-electron chi connectivity index (χ2n) is 4.10. The average molecular weight is 256 g/mol. The Morgan fingerprint density at radius 1 is 1.33 bits per heavy atom. The molecular weight excluding hydrogens is 244 g/mol. The van der Waals surface area contributed by atoms with Crippen LogP contribution in [0.2, 0.25) is 0 Å². The van der Waals surface area contributed by atoms with Crippen LogP contribution in [0.15, 0.2) is 12.2 Å². The van der Waals surface area contributed by atoms with Crippen molar-refractivity contribution in [2.24, 2.45) is 11.8 Å². The molecule has 4 unspecified atom stereocenters. The van der Waals surface area contributed by atoms with Crippen LogP contribution in [0.5, 0.6) is 0 Å². The molecule has 7 nitrogen and oxygen atoms in total. The summed E-state index contributed by atoms with van der Waals surface area (Å²) in [6.45, 7) is 0. The molecule has 0 aromatic carbocycles. The lowest BCUT2D eigenvalue weighted by Crippen LogP contribution is -2.64. The number of methoxy groups -OCH3 is 2. The molecule has 0 aromatic rings. The quantitative estimate of drug-likeness (QED) is 0.376. The Labute approximate surface area is 102 Å². The van der Waals surface area contributed by atoms with E-state index in [1.165, 1.54) is 6.08 Å². The Morgan fingerprint density at radius 3 is 2.44 bits per heavy atom. The maximum absolute atomic E-state index is 11.7. The molecule has 2 heterocycles. The molecule has 1 aliphatic carbocycles. The SMILES string of the molecule is COC(=O)C1C2C=CC(O)(C(=O)O2)C1C(=O)OC. The van der Waals surface area contributed by atoms with E-state index in [1.54, 1.807) is 0 Å². The first kappa shape index (κ1) is 12.6. The smallest absolute Gasteiger partial charge is 0.343 e. The lowest BCUT2D eigenvalue weighted by Gasteiger charge is -2.44. The lowest BCUT2D eigenvalue weighted by molar-refractivity contribution is -0.207. The van der Waals surface area contributed by atoms with Gasteiger partial charge in [0, 0.05) is 0 Å². The van der Waals surface area contributed by atoms with Gasteiger partial charge in [0.2, 0.25) is 0 Å². The highest BCUT2D eigenvalue weighted by molar-refractivity contribution is 5.96. The van der Waals surface area contributed by atoms with Crippen molar-refractivity contribution in [1.82, 2.24) is 0 Å². The molecule has 98 valence electrons. The first-order chi connectivity index (χ1) is 8.45. The highest BCUT2D eigenvalue weighted by Gasteiger charge is 2.63. The van der Waals surface area contributed by atoms with Gasteiger partial charge in [-0.15, -0.1) is 0 Å². The number of ether oxygens (including phenoxy) is 3. The van der Waals surface area contributed by atoms with Crippen molar-refractivity contribution in [3.8, 4) is 0 Å². The van der Waals surface area contributed by atoms with E-state index in [0.717, 1.165) is 20.3 Å². The van der Waals surface area contributed by atoms with Gasteiger partial charge in [0.25, 0.3) is 0 Å². The van der Waals surface area contributed by atoms with E-state index in [1.807, 2.05) is 0 Å². The summed E-state index contributed by atoms with van der Waals surface area (Å²) < 4.78 is 14.0. The van der Waals surface area contributed by atoms with Crippen molar-refractivity contribution in [1.29, 1.82) is 0 Å². The topological polar surface area (TPSA) is 99.1 Å². The van der Waals surface area contributed by atoms with Gasteiger partial charge >= 0.3 is 17.9 Å². The fourth-order valence-electron chi connectivity index (χ4n) is 2.31. The molecule has 3 rings (SSSR count). The molecule has 2 aliphatic heterocycles. The van der Waals surface area contributed by atoms with Crippen molar-refractivity contribution in [3.05, 3.63) is 12.2 Å². The summed E-state index contributed by atoms with van der Waals surface area (Å²) in [7, 11) is 2.26. The first-order valence-corrected chi connectivity index (χ1v) is 5.24. The van der Waals surface area contributed by atoms with Crippen molar-refractivity contribution in [3.63, 3.8) is 0 Å². The van der Waals surface area contributed by atoms with Crippen LogP contribution < -0.4 is 0 Å². The van der Waals surface area contributed by atoms with Crippen LogP contribution in [-0.4, -0.2) is 48.9 Å².